The normalized spacial score (nSPS) is 11.3. The molecular weight excluding hydrogens is 299 g/mol. The average Bonchev–Trinajstić information content (AvgIpc) is 2.63. The second-order valence-electron chi connectivity index (χ2n) is 5.45. The van der Waals surface area contributed by atoms with Crippen LogP contribution in [0.3, 0.4) is 0 Å². The van der Waals surface area contributed by atoms with E-state index in [2.05, 4.69) is 49.6 Å². The predicted octanol–water partition coefficient (Wildman–Crippen LogP) is 5.65. The third kappa shape index (κ3) is 3.21. The highest BCUT2D eigenvalue weighted by Gasteiger charge is 2.34. The highest BCUT2D eigenvalue weighted by Crippen LogP contribution is 2.43. The first kappa shape index (κ1) is 15.5. The summed E-state index contributed by atoms with van der Waals surface area (Å²) in [6.45, 7) is 2.07. The van der Waals surface area contributed by atoms with Crippen molar-refractivity contribution in [3.8, 4) is 5.75 Å². The van der Waals surface area contributed by atoms with E-state index in [9.17, 15) is 0 Å². The minimum atomic E-state index is -0.613. The largest absolute Gasteiger partial charge is 0.470 e. The number of aryl methyl sites for hydroxylation is 1. The van der Waals surface area contributed by atoms with Gasteiger partial charge in [0.25, 0.3) is 0 Å². The number of benzene rings is 3. The van der Waals surface area contributed by atoms with Crippen molar-refractivity contribution in [1.29, 1.82) is 0 Å². The Kier molecular flexibility index (Phi) is 4.60. The molecule has 2 heteroatoms. The fraction of sp³-hybridized carbons (Fsp3) is 0.0952. The van der Waals surface area contributed by atoms with E-state index in [-0.39, 0.29) is 0 Å². The zero-order valence-corrected chi connectivity index (χ0v) is 14.0. The lowest BCUT2D eigenvalue weighted by atomic mass is 10.0. The summed E-state index contributed by atoms with van der Waals surface area (Å²) < 4.78 is 6.50. The van der Waals surface area contributed by atoms with Crippen LogP contribution in [0.25, 0.3) is 0 Å². The second kappa shape index (κ2) is 6.81. The van der Waals surface area contributed by atoms with Crippen molar-refractivity contribution >= 4 is 14.5 Å². The Morgan fingerprint density at radius 2 is 1.22 bits per heavy atom. The lowest BCUT2D eigenvalue weighted by molar-refractivity contribution is 0.208. The van der Waals surface area contributed by atoms with Crippen molar-refractivity contribution < 1.29 is 4.74 Å². The first-order chi connectivity index (χ1) is 11.2. The first-order valence-electron chi connectivity index (χ1n) is 7.59. The molecule has 3 aromatic rings. The molecule has 0 aliphatic heterocycles. The lowest BCUT2D eigenvalue weighted by Gasteiger charge is -2.32. The number of ether oxygens (including phenoxy) is 1. The minimum absolute atomic E-state index is 0.613. The summed E-state index contributed by atoms with van der Waals surface area (Å²) >= 11 is 0. The summed E-state index contributed by atoms with van der Waals surface area (Å²) in [5.74, 6) is 0.847. The van der Waals surface area contributed by atoms with Crippen molar-refractivity contribution in [3.05, 3.63) is 102 Å². The highest BCUT2D eigenvalue weighted by atomic mass is 31.1. The Bertz CT molecular complexity index is 724. The molecule has 0 atom stereocenters. The van der Waals surface area contributed by atoms with Crippen molar-refractivity contribution in [1.82, 2.24) is 0 Å². The summed E-state index contributed by atoms with van der Waals surface area (Å²) in [7, 11) is 0.887. The van der Waals surface area contributed by atoms with Crippen LogP contribution in [0, 0.1) is 6.92 Å². The Balaban J connectivity index is 2.13. The monoisotopic (exact) mass is 318 g/mol. The third-order valence-corrected chi connectivity index (χ3v) is 4.89. The van der Waals surface area contributed by atoms with E-state index in [1.165, 1.54) is 5.56 Å². The lowest BCUT2D eigenvalue weighted by Crippen LogP contribution is -2.28. The molecule has 0 fully saturated rings. The van der Waals surface area contributed by atoms with Gasteiger partial charge in [-0.25, -0.2) is 0 Å². The Hall–Kier alpha value is -2.37. The van der Waals surface area contributed by atoms with E-state index in [4.69, 9.17) is 4.74 Å². The summed E-state index contributed by atoms with van der Waals surface area (Å²) in [6, 6.07) is 28.7. The molecule has 0 aliphatic rings. The number of hydrogen-bond acceptors (Lipinski definition) is 1. The molecular formula is C21H19OP. The highest BCUT2D eigenvalue weighted by molar-refractivity contribution is 7.38. The van der Waals surface area contributed by atoms with Crippen molar-refractivity contribution in [2.24, 2.45) is 0 Å². The fourth-order valence-corrected chi connectivity index (χ4v) is 3.44. The molecule has 0 heterocycles. The standard InChI is InChI=1S/C21H19OP/c1-17-13-15-20(16-14-17)22-21(23-2,18-9-5-3-6-10-18)19-11-7-4-8-12-19/h3-16H,2H2,1H3. The number of rotatable bonds is 5. The second-order valence-corrected chi connectivity index (χ2v) is 6.40. The van der Waals surface area contributed by atoms with Crippen LogP contribution >= 0.6 is 8.20 Å². The van der Waals surface area contributed by atoms with Crippen LogP contribution in [0.1, 0.15) is 16.7 Å². The molecule has 0 aromatic heterocycles. The van der Waals surface area contributed by atoms with Gasteiger partial charge in [-0.15, -0.1) is 0 Å². The number of hydrogen-bond donors (Lipinski definition) is 0. The van der Waals surface area contributed by atoms with Crippen molar-refractivity contribution in [2.45, 2.75) is 12.3 Å². The molecule has 0 saturated carbocycles. The van der Waals surface area contributed by atoms with Gasteiger partial charge in [-0.05, 0) is 19.1 Å². The predicted molar refractivity (Wildman–Crippen MR) is 99.5 cm³/mol. The molecule has 0 radical (unpaired) electrons. The van der Waals surface area contributed by atoms with E-state index in [0.29, 0.717) is 0 Å². The van der Waals surface area contributed by atoms with Crippen LogP contribution in [0.2, 0.25) is 0 Å². The van der Waals surface area contributed by atoms with Gasteiger partial charge in [-0.2, -0.15) is 0 Å². The smallest absolute Gasteiger partial charge is 0.199 e. The van der Waals surface area contributed by atoms with Crippen LogP contribution in [0.5, 0.6) is 5.75 Å². The van der Waals surface area contributed by atoms with E-state index in [1.54, 1.807) is 0 Å². The molecule has 0 saturated heterocycles. The van der Waals surface area contributed by atoms with Gasteiger partial charge in [0, 0.05) is 11.1 Å². The molecule has 0 unspecified atom stereocenters. The van der Waals surface area contributed by atoms with Gasteiger partial charge in [0.2, 0.25) is 0 Å². The SMILES string of the molecule is C=PC(Oc1ccc(C)cc1)(c1ccccc1)c1ccccc1. The molecule has 3 rings (SSSR count). The summed E-state index contributed by atoms with van der Waals surface area (Å²) in [5, 5.41) is -0.613. The minimum Gasteiger partial charge on any atom is -0.470 e. The molecule has 0 amide bonds. The molecule has 0 N–H and O–H groups in total. The van der Waals surface area contributed by atoms with Crippen LogP contribution in [0.15, 0.2) is 84.9 Å². The quantitative estimate of drug-likeness (QED) is 0.552. The Labute approximate surface area is 139 Å². The average molecular weight is 318 g/mol. The van der Waals surface area contributed by atoms with E-state index >= 15 is 0 Å². The van der Waals surface area contributed by atoms with E-state index in [1.807, 2.05) is 48.5 Å². The molecule has 0 aliphatic carbocycles. The molecule has 1 nitrogen and oxygen atoms in total. The maximum absolute atomic E-state index is 6.50. The summed E-state index contributed by atoms with van der Waals surface area (Å²) in [4.78, 5) is 0. The van der Waals surface area contributed by atoms with Gasteiger partial charge in [0.15, 0.2) is 5.34 Å². The first-order valence-corrected chi connectivity index (χ1v) is 8.67. The van der Waals surface area contributed by atoms with Crippen molar-refractivity contribution in [3.63, 3.8) is 0 Å². The molecule has 114 valence electrons. The van der Waals surface area contributed by atoms with E-state index < -0.39 is 5.34 Å². The van der Waals surface area contributed by atoms with Crippen LogP contribution in [-0.2, 0) is 5.34 Å². The zero-order valence-electron chi connectivity index (χ0n) is 13.1. The summed E-state index contributed by atoms with van der Waals surface area (Å²) in [5.41, 5.74) is 3.42. The van der Waals surface area contributed by atoms with Gasteiger partial charge in [0.05, 0.1) is 0 Å². The fourth-order valence-electron chi connectivity index (χ4n) is 2.60. The van der Waals surface area contributed by atoms with Gasteiger partial charge < -0.3 is 4.74 Å². The van der Waals surface area contributed by atoms with Gasteiger partial charge in [-0.1, -0.05) is 92.9 Å². The Morgan fingerprint density at radius 3 is 1.65 bits per heavy atom. The van der Waals surface area contributed by atoms with Crippen LogP contribution in [0.4, 0.5) is 0 Å². The van der Waals surface area contributed by atoms with E-state index in [0.717, 1.165) is 25.1 Å². The zero-order chi connectivity index (χ0) is 16.1. The van der Waals surface area contributed by atoms with Gasteiger partial charge in [-0.3, -0.25) is 0 Å². The maximum atomic E-state index is 6.50. The maximum Gasteiger partial charge on any atom is 0.199 e. The summed E-state index contributed by atoms with van der Waals surface area (Å²) in [6.07, 6.45) is 4.17. The van der Waals surface area contributed by atoms with Crippen LogP contribution in [-0.4, -0.2) is 6.30 Å². The van der Waals surface area contributed by atoms with Crippen LogP contribution < -0.4 is 4.74 Å². The Morgan fingerprint density at radius 1 is 0.739 bits per heavy atom. The molecule has 23 heavy (non-hydrogen) atoms. The third-order valence-electron chi connectivity index (χ3n) is 3.84. The van der Waals surface area contributed by atoms with Crippen molar-refractivity contribution in [2.75, 3.05) is 0 Å². The van der Waals surface area contributed by atoms with Gasteiger partial charge >= 0.3 is 0 Å². The molecule has 0 spiro atoms. The topological polar surface area (TPSA) is 9.23 Å². The molecule has 3 aromatic carbocycles. The van der Waals surface area contributed by atoms with Gasteiger partial charge in [0.1, 0.15) is 5.75 Å². The molecule has 0 bridgehead atoms.